The van der Waals surface area contributed by atoms with Gasteiger partial charge in [-0.2, -0.15) is 0 Å². The Balaban J connectivity index is 2.25. The van der Waals surface area contributed by atoms with E-state index < -0.39 is 0 Å². The van der Waals surface area contributed by atoms with Crippen molar-refractivity contribution in [2.24, 2.45) is 12.9 Å². The quantitative estimate of drug-likeness (QED) is 0.612. The largest absolute Gasteiger partial charge is 0.338 e. The highest BCUT2D eigenvalue weighted by atomic mass is 15.2. The molecule has 0 aromatic carbocycles. The molecule has 0 fully saturated rings. The minimum absolute atomic E-state index is 0.0118. The van der Waals surface area contributed by atoms with Crippen LogP contribution in [-0.2, 0) is 19.9 Å². The maximum absolute atomic E-state index is 5.67. The van der Waals surface area contributed by atoms with Gasteiger partial charge in [0, 0.05) is 32.1 Å². The molecule has 0 spiro atoms. The van der Waals surface area contributed by atoms with Crippen molar-refractivity contribution in [2.45, 2.75) is 25.8 Å². The molecular formula is C13H19N5. The molecule has 2 aromatic heterocycles. The highest BCUT2D eigenvalue weighted by Crippen LogP contribution is 2.18. The second kappa shape index (κ2) is 5.75. The molecule has 2 rings (SSSR count). The van der Waals surface area contributed by atoms with Crippen molar-refractivity contribution in [1.82, 2.24) is 20.0 Å². The molecule has 5 nitrogen and oxygen atoms in total. The summed E-state index contributed by atoms with van der Waals surface area (Å²) in [7, 11) is 1.98. The van der Waals surface area contributed by atoms with Gasteiger partial charge in [-0.3, -0.25) is 16.3 Å². The first-order valence-electron chi connectivity index (χ1n) is 6.12. The lowest BCUT2D eigenvalue weighted by Crippen LogP contribution is -2.31. The molecule has 0 aliphatic carbocycles. The molecule has 18 heavy (non-hydrogen) atoms. The van der Waals surface area contributed by atoms with Crippen LogP contribution < -0.4 is 11.3 Å². The second-order valence-corrected chi connectivity index (χ2v) is 4.28. The summed E-state index contributed by atoms with van der Waals surface area (Å²) in [6, 6.07) is 4.03. The Bertz CT molecular complexity index is 506. The standard InChI is InChI=1S/C13H19N5/c1-3-10-5-4-6-16-13(10)11(17-14)9-12-15-7-8-18(12)2/h4-8,11,17H,3,9,14H2,1-2H3. The summed E-state index contributed by atoms with van der Waals surface area (Å²) in [5.74, 6) is 6.66. The molecule has 0 bridgehead atoms. The number of pyridine rings is 1. The summed E-state index contributed by atoms with van der Waals surface area (Å²) in [6.07, 6.45) is 7.20. The number of aromatic nitrogens is 3. The molecule has 96 valence electrons. The van der Waals surface area contributed by atoms with Gasteiger partial charge in [0.2, 0.25) is 0 Å². The van der Waals surface area contributed by atoms with Gasteiger partial charge in [-0.15, -0.1) is 0 Å². The Hall–Kier alpha value is -1.72. The number of nitrogens with two attached hydrogens (primary N) is 1. The predicted molar refractivity (Wildman–Crippen MR) is 70.6 cm³/mol. The number of hydrazine groups is 1. The molecule has 2 heterocycles. The van der Waals surface area contributed by atoms with Gasteiger partial charge < -0.3 is 4.57 Å². The maximum atomic E-state index is 5.67. The summed E-state index contributed by atoms with van der Waals surface area (Å²) in [6.45, 7) is 2.12. The molecule has 5 heteroatoms. The average molecular weight is 245 g/mol. The predicted octanol–water partition coefficient (Wildman–Crippen LogP) is 1.12. The number of hydrogen-bond donors (Lipinski definition) is 2. The third kappa shape index (κ3) is 2.57. The van der Waals surface area contributed by atoms with Crippen molar-refractivity contribution < 1.29 is 0 Å². The minimum atomic E-state index is -0.0118. The van der Waals surface area contributed by atoms with E-state index in [1.807, 2.05) is 23.9 Å². The Labute approximate surface area is 107 Å². The van der Waals surface area contributed by atoms with Crippen molar-refractivity contribution in [3.63, 3.8) is 0 Å². The molecule has 0 aliphatic heterocycles. The second-order valence-electron chi connectivity index (χ2n) is 4.28. The third-order valence-electron chi connectivity index (χ3n) is 3.15. The molecular weight excluding hydrogens is 226 g/mol. The van der Waals surface area contributed by atoms with E-state index in [2.05, 4.69) is 28.4 Å². The highest BCUT2D eigenvalue weighted by molar-refractivity contribution is 5.23. The van der Waals surface area contributed by atoms with Crippen LogP contribution in [0.4, 0.5) is 0 Å². The van der Waals surface area contributed by atoms with E-state index in [4.69, 9.17) is 5.84 Å². The number of nitrogens with zero attached hydrogens (tertiary/aromatic N) is 3. The van der Waals surface area contributed by atoms with Crippen LogP contribution in [0, 0.1) is 0 Å². The van der Waals surface area contributed by atoms with Gasteiger partial charge in [0.05, 0.1) is 11.7 Å². The van der Waals surface area contributed by atoms with E-state index in [0.717, 1.165) is 24.4 Å². The summed E-state index contributed by atoms with van der Waals surface area (Å²) in [5.41, 5.74) is 5.07. The molecule has 0 amide bonds. The van der Waals surface area contributed by atoms with Crippen LogP contribution in [0.15, 0.2) is 30.7 Å². The number of nitrogens with one attached hydrogen (secondary N) is 1. The summed E-state index contributed by atoms with van der Waals surface area (Å²) in [5, 5.41) is 0. The summed E-state index contributed by atoms with van der Waals surface area (Å²) < 4.78 is 2.00. The minimum Gasteiger partial charge on any atom is -0.338 e. The summed E-state index contributed by atoms with van der Waals surface area (Å²) in [4.78, 5) is 8.78. The lowest BCUT2D eigenvalue weighted by Gasteiger charge is -2.17. The molecule has 1 unspecified atom stereocenters. The van der Waals surface area contributed by atoms with Gasteiger partial charge in [0.15, 0.2) is 0 Å². The van der Waals surface area contributed by atoms with Crippen molar-refractivity contribution in [3.05, 3.63) is 47.8 Å². The van der Waals surface area contributed by atoms with Crippen LogP contribution in [0.1, 0.15) is 30.0 Å². The lowest BCUT2D eigenvalue weighted by atomic mass is 10.0. The van der Waals surface area contributed by atoms with Crippen LogP contribution >= 0.6 is 0 Å². The number of imidazole rings is 1. The normalized spacial score (nSPS) is 12.6. The van der Waals surface area contributed by atoms with Gasteiger partial charge in [-0.1, -0.05) is 13.0 Å². The Morgan fingerprint density at radius 2 is 2.22 bits per heavy atom. The Morgan fingerprint density at radius 3 is 2.83 bits per heavy atom. The van der Waals surface area contributed by atoms with E-state index in [1.165, 1.54) is 5.56 Å². The van der Waals surface area contributed by atoms with Gasteiger partial charge in [0.25, 0.3) is 0 Å². The van der Waals surface area contributed by atoms with Crippen molar-refractivity contribution in [3.8, 4) is 0 Å². The zero-order chi connectivity index (χ0) is 13.0. The van der Waals surface area contributed by atoms with Gasteiger partial charge in [-0.25, -0.2) is 4.98 Å². The molecule has 0 saturated heterocycles. The number of aryl methyl sites for hydroxylation is 2. The zero-order valence-corrected chi connectivity index (χ0v) is 10.8. The van der Waals surface area contributed by atoms with Crippen LogP contribution in [-0.4, -0.2) is 14.5 Å². The molecule has 0 aliphatic rings. The summed E-state index contributed by atoms with van der Waals surface area (Å²) >= 11 is 0. The van der Waals surface area contributed by atoms with Crippen molar-refractivity contribution >= 4 is 0 Å². The number of hydrogen-bond acceptors (Lipinski definition) is 4. The molecule has 0 saturated carbocycles. The molecule has 2 aromatic rings. The van der Waals surface area contributed by atoms with Crippen LogP contribution in [0.2, 0.25) is 0 Å². The molecule has 0 radical (unpaired) electrons. The fourth-order valence-electron chi connectivity index (χ4n) is 2.07. The number of rotatable bonds is 5. The molecule has 3 N–H and O–H groups in total. The van der Waals surface area contributed by atoms with Gasteiger partial charge in [-0.05, 0) is 18.1 Å². The van der Waals surface area contributed by atoms with E-state index in [0.29, 0.717) is 0 Å². The average Bonchev–Trinajstić information content (AvgIpc) is 2.81. The SMILES string of the molecule is CCc1cccnc1C(Cc1nccn1C)NN. The Kier molecular flexibility index (Phi) is 4.07. The van der Waals surface area contributed by atoms with Crippen LogP contribution in [0.3, 0.4) is 0 Å². The van der Waals surface area contributed by atoms with E-state index >= 15 is 0 Å². The van der Waals surface area contributed by atoms with Crippen LogP contribution in [0.25, 0.3) is 0 Å². The lowest BCUT2D eigenvalue weighted by molar-refractivity contribution is 0.514. The maximum Gasteiger partial charge on any atom is 0.110 e. The fourth-order valence-corrected chi connectivity index (χ4v) is 2.07. The first kappa shape index (κ1) is 12.7. The van der Waals surface area contributed by atoms with Gasteiger partial charge in [0.1, 0.15) is 5.82 Å². The van der Waals surface area contributed by atoms with Crippen molar-refractivity contribution in [1.29, 1.82) is 0 Å². The van der Waals surface area contributed by atoms with Crippen molar-refractivity contribution in [2.75, 3.05) is 0 Å². The topological polar surface area (TPSA) is 68.8 Å². The highest BCUT2D eigenvalue weighted by Gasteiger charge is 2.17. The zero-order valence-electron chi connectivity index (χ0n) is 10.8. The third-order valence-corrected chi connectivity index (χ3v) is 3.15. The van der Waals surface area contributed by atoms with Gasteiger partial charge >= 0.3 is 0 Å². The molecule has 1 atom stereocenters. The van der Waals surface area contributed by atoms with E-state index in [9.17, 15) is 0 Å². The fraction of sp³-hybridized carbons (Fsp3) is 0.385. The van der Waals surface area contributed by atoms with E-state index in [1.54, 1.807) is 12.4 Å². The first-order valence-corrected chi connectivity index (χ1v) is 6.12. The van der Waals surface area contributed by atoms with Crippen LogP contribution in [0.5, 0.6) is 0 Å². The Morgan fingerprint density at radius 1 is 1.39 bits per heavy atom. The monoisotopic (exact) mass is 245 g/mol. The first-order chi connectivity index (χ1) is 8.76. The van der Waals surface area contributed by atoms with E-state index in [-0.39, 0.29) is 6.04 Å². The smallest absolute Gasteiger partial charge is 0.110 e.